The number of non-ortho nitro benzene ring substituents is 1. The molecule has 0 saturated heterocycles. The van der Waals surface area contributed by atoms with E-state index in [-0.39, 0.29) is 23.9 Å². The summed E-state index contributed by atoms with van der Waals surface area (Å²) in [5.41, 5.74) is 6.21. The number of hydrogen-bond donors (Lipinski definition) is 2. The van der Waals surface area contributed by atoms with Gasteiger partial charge in [0.1, 0.15) is 0 Å². The lowest BCUT2D eigenvalue weighted by molar-refractivity contribution is -0.384. The Kier molecular flexibility index (Phi) is 5.26. The third-order valence-corrected chi connectivity index (χ3v) is 2.56. The fourth-order valence-electron chi connectivity index (χ4n) is 1.35. The van der Waals surface area contributed by atoms with Gasteiger partial charge in [-0.2, -0.15) is 0 Å². The molecule has 0 spiro atoms. The molecule has 0 heterocycles. The van der Waals surface area contributed by atoms with Crippen molar-refractivity contribution >= 4 is 11.6 Å². The molecule has 1 amide bonds. The summed E-state index contributed by atoms with van der Waals surface area (Å²) < 4.78 is 0. The van der Waals surface area contributed by atoms with Crippen molar-refractivity contribution in [3.63, 3.8) is 0 Å². The largest absolute Gasteiger partial charge is 0.356 e. The van der Waals surface area contributed by atoms with Crippen LogP contribution in [0.4, 0.5) is 5.69 Å². The van der Waals surface area contributed by atoms with Gasteiger partial charge in [0.25, 0.3) is 5.69 Å². The van der Waals surface area contributed by atoms with Crippen LogP contribution in [0.25, 0.3) is 0 Å². The van der Waals surface area contributed by atoms with Gasteiger partial charge >= 0.3 is 0 Å². The molecule has 3 N–H and O–H groups in total. The van der Waals surface area contributed by atoms with Gasteiger partial charge in [0.15, 0.2) is 0 Å². The molecule has 0 aromatic heterocycles. The number of hydrogen-bond acceptors (Lipinski definition) is 4. The van der Waals surface area contributed by atoms with Crippen molar-refractivity contribution in [3.8, 4) is 0 Å². The van der Waals surface area contributed by atoms with E-state index in [2.05, 4.69) is 5.32 Å². The molecule has 6 nitrogen and oxygen atoms in total. The predicted molar refractivity (Wildman–Crippen MR) is 68.0 cm³/mol. The minimum Gasteiger partial charge on any atom is -0.356 e. The summed E-state index contributed by atoms with van der Waals surface area (Å²) in [6.07, 6.45) is 0.218. The summed E-state index contributed by atoms with van der Waals surface area (Å²) in [7, 11) is 0. The molecule has 1 aromatic rings. The summed E-state index contributed by atoms with van der Waals surface area (Å²) in [6.45, 7) is 3.02. The van der Waals surface area contributed by atoms with Crippen molar-refractivity contribution in [1.29, 1.82) is 0 Å². The molecule has 1 rings (SSSR count). The zero-order chi connectivity index (χ0) is 13.5. The van der Waals surface area contributed by atoms with E-state index in [9.17, 15) is 14.9 Å². The lowest BCUT2D eigenvalue weighted by Gasteiger charge is -2.09. The Labute approximate surface area is 105 Å². The highest BCUT2D eigenvalue weighted by molar-refractivity contribution is 5.78. The fourth-order valence-corrected chi connectivity index (χ4v) is 1.35. The molecule has 6 heteroatoms. The molecule has 0 radical (unpaired) electrons. The van der Waals surface area contributed by atoms with E-state index in [1.165, 1.54) is 12.1 Å². The maximum atomic E-state index is 11.6. The van der Waals surface area contributed by atoms with Gasteiger partial charge in [0, 0.05) is 18.7 Å². The predicted octanol–water partition coefficient (Wildman–Crippen LogP) is 0.848. The molecule has 0 aliphatic heterocycles. The first-order valence-electron chi connectivity index (χ1n) is 5.73. The van der Waals surface area contributed by atoms with E-state index in [0.29, 0.717) is 13.1 Å². The van der Waals surface area contributed by atoms with Gasteiger partial charge < -0.3 is 11.1 Å². The molecule has 1 unspecified atom stereocenters. The Hall–Kier alpha value is -1.95. The van der Waals surface area contributed by atoms with Crippen molar-refractivity contribution < 1.29 is 9.72 Å². The van der Waals surface area contributed by atoms with Crippen LogP contribution in [0.2, 0.25) is 0 Å². The van der Waals surface area contributed by atoms with Crippen LogP contribution >= 0.6 is 0 Å². The molecule has 0 saturated carbocycles. The second-order valence-corrected chi connectivity index (χ2v) is 4.25. The fraction of sp³-hybridized carbons (Fsp3) is 0.417. The van der Waals surface area contributed by atoms with Crippen LogP contribution in [0.3, 0.4) is 0 Å². The average Bonchev–Trinajstić information content (AvgIpc) is 2.36. The van der Waals surface area contributed by atoms with Gasteiger partial charge in [0.05, 0.1) is 11.3 Å². The molecule has 1 atom stereocenters. The summed E-state index contributed by atoms with van der Waals surface area (Å²) in [5.74, 6) is 0.134. The Morgan fingerprint density at radius 1 is 1.44 bits per heavy atom. The molecule has 0 fully saturated rings. The zero-order valence-corrected chi connectivity index (χ0v) is 10.3. The van der Waals surface area contributed by atoms with E-state index >= 15 is 0 Å². The Morgan fingerprint density at radius 2 is 2.06 bits per heavy atom. The lowest BCUT2D eigenvalue weighted by atomic mass is 10.1. The van der Waals surface area contributed by atoms with Crippen LogP contribution in [-0.4, -0.2) is 23.9 Å². The highest BCUT2D eigenvalue weighted by Crippen LogP contribution is 2.12. The Bertz CT molecular complexity index is 417. The number of carbonyl (C=O) groups is 1. The van der Waals surface area contributed by atoms with Gasteiger partial charge in [-0.25, -0.2) is 0 Å². The van der Waals surface area contributed by atoms with Crippen molar-refractivity contribution in [2.75, 3.05) is 13.1 Å². The zero-order valence-electron chi connectivity index (χ0n) is 10.3. The first-order valence-corrected chi connectivity index (χ1v) is 5.73. The highest BCUT2D eigenvalue weighted by atomic mass is 16.6. The normalized spacial score (nSPS) is 11.9. The smallest absolute Gasteiger partial charge is 0.269 e. The molecule has 18 heavy (non-hydrogen) atoms. The third-order valence-electron chi connectivity index (χ3n) is 2.56. The standard InChI is InChI=1S/C12H17N3O3/c1-9(7-13)8-14-12(16)6-10-2-4-11(5-3-10)15(17)18/h2-5,9H,6-8,13H2,1H3,(H,14,16). The monoisotopic (exact) mass is 251 g/mol. The molecule has 0 bridgehead atoms. The quantitative estimate of drug-likeness (QED) is 0.578. The van der Waals surface area contributed by atoms with Gasteiger partial charge in [-0.3, -0.25) is 14.9 Å². The van der Waals surface area contributed by atoms with Crippen LogP contribution in [0.15, 0.2) is 24.3 Å². The number of amides is 1. The number of rotatable bonds is 6. The Balaban J connectivity index is 2.47. The second-order valence-electron chi connectivity index (χ2n) is 4.25. The molecular formula is C12H17N3O3. The number of benzene rings is 1. The number of nitrogens with two attached hydrogens (primary N) is 1. The maximum absolute atomic E-state index is 11.6. The first kappa shape index (κ1) is 14.1. The lowest BCUT2D eigenvalue weighted by Crippen LogP contribution is -2.32. The number of nitrogens with zero attached hydrogens (tertiary/aromatic N) is 1. The minimum atomic E-state index is -0.465. The van der Waals surface area contributed by atoms with Crippen LogP contribution in [-0.2, 0) is 11.2 Å². The van der Waals surface area contributed by atoms with Gasteiger partial charge in [0.2, 0.25) is 5.91 Å². The summed E-state index contributed by atoms with van der Waals surface area (Å²) in [6, 6.07) is 5.96. The van der Waals surface area contributed by atoms with Gasteiger partial charge in [-0.05, 0) is 18.0 Å². The van der Waals surface area contributed by atoms with Crippen LogP contribution in [0, 0.1) is 16.0 Å². The topological polar surface area (TPSA) is 98.3 Å². The molecular weight excluding hydrogens is 234 g/mol. The third kappa shape index (κ3) is 4.50. The Morgan fingerprint density at radius 3 is 2.56 bits per heavy atom. The summed E-state index contributed by atoms with van der Waals surface area (Å²) >= 11 is 0. The number of nitro benzene ring substituents is 1. The number of nitrogens with one attached hydrogen (secondary N) is 1. The summed E-state index contributed by atoms with van der Waals surface area (Å²) in [4.78, 5) is 21.6. The van der Waals surface area contributed by atoms with Gasteiger partial charge in [-0.1, -0.05) is 19.1 Å². The SMILES string of the molecule is CC(CN)CNC(=O)Cc1ccc([N+](=O)[O-])cc1. The van der Waals surface area contributed by atoms with Crippen molar-refractivity contribution in [1.82, 2.24) is 5.32 Å². The average molecular weight is 251 g/mol. The number of carbonyl (C=O) groups excluding carboxylic acids is 1. The van der Waals surface area contributed by atoms with E-state index in [1.54, 1.807) is 12.1 Å². The van der Waals surface area contributed by atoms with Crippen LogP contribution in [0.1, 0.15) is 12.5 Å². The second kappa shape index (κ2) is 6.70. The van der Waals surface area contributed by atoms with E-state index < -0.39 is 4.92 Å². The van der Waals surface area contributed by atoms with Gasteiger partial charge in [-0.15, -0.1) is 0 Å². The van der Waals surface area contributed by atoms with E-state index in [4.69, 9.17) is 5.73 Å². The summed E-state index contributed by atoms with van der Waals surface area (Å²) in [5, 5.41) is 13.2. The van der Waals surface area contributed by atoms with Crippen molar-refractivity contribution in [3.05, 3.63) is 39.9 Å². The molecule has 98 valence electrons. The first-order chi connectivity index (χ1) is 8.52. The van der Waals surface area contributed by atoms with E-state index in [1.807, 2.05) is 6.92 Å². The number of nitro groups is 1. The minimum absolute atomic E-state index is 0.0240. The molecule has 0 aliphatic carbocycles. The maximum Gasteiger partial charge on any atom is 0.269 e. The van der Waals surface area contributed by atoms with Crippen molar-refractivity contribution in [2.24, 2.45) is 11.7 Å². The molecule has 1 aromatic carbocycles. The van der Waals surface area contributed by atoms with Crippen molar-refractivity contribution in [2.45, 2.75) is 13.3 Å². The highest BCUT2D eigenvalue weighted by Gasteiger charge is 2.08. The van der Waals surface area contributed by atoms with E-state index in [0.717, 1.165) is 5.56 Å². The van der Waals surface area contributed by atoms with Crippen LogP contribution < -0.4 is 11.1 Å². The molecule has 0 aliphatic rings. The van der Waals surface area contributed by atoms with Crippen LogP contribution in [0.5, 0.6) is 0 Å².